The first-order chi connectivity index (χ1) is 15.1. The van der Waals surface area contributed by atoms with Crippen molar-refractivity contribution in [3.63, 3.8) is 0 Å². The number of halogens is 6. The van der Waals surface area contributed by atoms with Crippen LogP contribution in [0.2, 0.25) is 0 Å². The van der Waals surface area contributed by atoms with Gasteiger partial charge in [0.25, 0.3) is 0 Å². The van der Waals surface area contributed by atoms with Crippen LogP contribution in [0, 0.1) is 11.6 Å². The summed E-state index contributed by atoms with van der Waals surface area (Å²) >= 11 is 23.1. The highest BCUT2D eigenvalue weighted by Crippen LogP contribution is 2.40. The second-order valence-electron chi connectivity index (χ2n) is 7.77. The highest BCUT2D eigenvalue weighted by atomic mass is 79.9. The average Bonchev–Trinajstić information content (AvgIpc) is 2.76. The quantitative estimate of drug-likeness (QED) is 0.225. The number of nitrogens with zero attached hydrogens (tertiary/aromatic N) is 2. The molecule has 0 amide bonds. The fraction of sp³-hybridized carbons (Fsp3) is 0.364. The van der Waals surface area contributed by atoms with Crippen LogP contribution in [0.25, 0.3) is 0 Å². The molecule has 0 fully saturated rings. The zero-order valence-corrected chi connectivity index (χ0v) is 25.2. The van der Waals surface area contributed by atoms with Gasteiger partial charge >= 0.3 is 0 Å². The number of anilines is 2. The van der Waals surface area contributed by atoms with Gasteiger partial charge in [0.05, 0.1) is 28.9 Å². The predicted molar refractivity (Wildman–Crippen MR) is 151 cm³/mol. The molecule has 0 saturated carbocycles. The van der Waals surface area contributed by atoms with E-state index < -0.39 is 0 Å². The third-order valence-electron chi connectivity index (χ3n) is 5.84. The van der Waals surface area contributed by atoms with Crippen LogP contribution in [0.3, 0.4) is 0 Å². The van der Waals surface area contributed by atoms with Crippen LogP contribution in [0.1, 0.15) is 37.8 Å². The fourth-order valence-electron chi connectivity index (χ4n) is 3.96. The van der Waals surface area contributed by atoms with Crippen molar-refractivity contribution in [3.8, 4) is 0 Å². The Bertz CT molecular complexity index is 984. The molecule has 0 bridgehead atoms. The highest BCUT2D eigenvalue weighted by molar-refractivity contribution is 9.11. The highest BCUT2D eigenvalue weighted by Gasteiger charge is 2.27. The normalized spacial score (nSPS) is 19.5. The second-order valence-corrected chi connectivity index (χ2v) is 11.5. The van der Waals surface area contributed by atoms with Gasteiger partial charge in [-0.3, -0.25) is 0 Å². The van der Waals surface area contributed by atoms with E-state index in [0.29, 0.717) is 30.0 Å². The summed E-state index contributed by atoms with van der Waals surface area (Å²) in [5, 5.41) is 0. The molecule has 0 radical (unpaired) electrons. The smallest absolute Gasteiger partial charge is 0.151 e. The molecule has 2 aliphatic heterocycles. The molecule has 0 aromatic heterocycles. The number of thiocarbonyl (C=S) groups is 2. The largest absolute Gasteiger partial charge is 0.335 e. The van der Waals surface area contributed by atoms with Gasteiger partial charge in [-0.25, -0.2) is 8.78 Å². The van der Waals surface area contributed by atoms with Crippen molar-refractivity contribution >= 4 is 111 Å². The van der Waals surface area contributed by atoms with Crippen molar-refractivity contribution in [1.29, 1.82) is 0 Å². The molecule has 2 atom stereocenters. The molecule has 2 heterocycles. The third kappa shape index (κ3) is 5.15. The summed E-state index contributed by atoms with van der Waals surface area (Å²) in [6.07, 6.45) is 3.72. The number of hydrogen-bond acceptors (Lipinski definition) is 2. The second kappa shape index (κ2) is 11.2. The van der Waals surface area contributed by atoms with E-state index >= 15 is 0 Å². The Labute approximate surface area is 231 Å². The summed E-state index contributed by atoms with van der Waals surface area (Å²) in [7, 11) is 0. The number of rotatable bonds is 2. The molecular formula is C22H20Br4F2N2S2. The summed E-state index contributed by atoms with van der Waals surface area (Å²) in [5.41, 5.74) is 7.27. The van der Waals surface area contributed by atoms with Crippen LogP contribution >= 0.6 is 88.2 Å². The average molecular weight is 734 g/mol. The van der Waals surface area contributed by atoms with Crippen LogP contribution in [0.15, 0.2) is 30.0 Å². The van der Waals surface area contributed by atoms with Gasteiger partial charge in [0.2, 0.25) is 0 Å². The van der Waals surface area contributed by atoms with Crippen molar-refractivity contribution in [2.24, 2.45) is 0 Å². The number of hydrogen-bond donors (Lipinski definition) is 0. The fourth-order valence-corrected chi connectivity index (χ4v) is 7.19. The minimum Gasteiger partial charge on any atom is -0.335 e. The lowest BCUT2D eigenvalue weighted by molar-refractivity contribution is 0.593. The lowest BCUT2D eigenvalue weighted by Crippen LogP contribution is -2.35. The van der Waals surface area contributed by atoms with E-state index in [1.807, 2.05) is 9.80 Å². The SMILES string of the molecule is C[C@@H]1CCc2c(cc(Br)c(F)c2Br)N1C=S.C[C@@H]1CCc2c(cc(Br)c(F)c2Br)N1C=S. The first-order valence-electron chi connectivity index (χ1n) is 9.92. The molecule has 0 aliphatic carbocycles. The molecule has 0 unspecified atom stereocenters. The van der Waals surface area contributed by atoms with Crippen molar-refractivity contribution in [1.82, 2.24) is 0 Å². The molecule has 172 valence electrons. The molecule has 32 heavy (non-hydrogen) atoms. The Morgan fingerprint density at radius 2 is 1.12 bits per heavy atom. The summed E-state index contributed by atoms with van der Waals surface area (Å²) < 4.78 is 29.4. The minimum absolute atomic E-state index is 0.238. The van der Waals surface area contributed by atoms with Crippen LogP contribution in [-0.2, 0) is 12.8 Å². The maximum absolute atomic E-state index is 13.7. The van der Waals surface area contributed by atoms with E-state index in [9.17, 15) is 8.78 Å². The molecule has 2 nitrogen and oxygen atoms in total. The molecule has 10 heteroatoms. The van der Waals surface area contributed by atoms with Crippen LogP contribution in [-0.4, -0.2) is 23.1 Å². The topological polar surface area (TPSA) is 6.48 Å². The molecular weight excluding hydrogens is 714 g/mol. The monoisotopic (exact) mass is 730 g/mol. The Hall–Kier alpha value is -0.000000000000000194. The van der Waals surface area contributed by atoms with Gasteiger partial charge in [0, 0.05) is 23.5 Å². The van der Waals surface area contributed by atoms with E-state index in [1.165, 1.54) is 0 Å². The lowest BCUT2D eigenvalue weighted by atomic mass is 9.97. The molecule has 0 N–H and O–H groups in total. The van der Waals surface area contributed by atoms with E-state index in [2.05, 4.69) is 77.6 Å². The molecule has 4 rings (SSSR count). The zero-order chi connectivity index (χ0) is 23.7. The van der Waals surface area contributed by atoms with Crippen LogP contribution < -0.4 is 9.80 Å². The molecule has 2 aromatic carbocycles. The Morgan fingerprint density at radius 1 is 0.781 bits per heavy atom. The van der Waals surface area contributed by atoms with Gasteiger partial charge in [-0.15, -0.1) is 0 Å². The minimum atomic E-state index is -0.238. The summed E-state index contributed by atoms with van der Waals surface area (Å²) in [6.45, 7) is 4.24. The maximum atomic E-state index is 13.7. The van der Waals surface area contributed by atoms with Crippen molar-refractivity contribution in [3.05, 3.63) is 52.8 Å². The molecule has 0 spiro atoms. The summed E-state index contributed by atoms with van der Waals surface area (Å²) in [5.74, 6) is -0.477. The lowest BCUT2D eigenvalue weighted by Gasteiger charge is -2.34. The zero-order valence-electron chi connectivity index (χ0n) is 17.3. The Balaban J connectivity index is 0.000000181. The van der Waals surface area contributed by atoms with E-state index in [0.717, 1.165) is 48.2 Å². The summed E-state index contributed by atoms with van der Waals surface area (Å²) in [6, 6.07) is 4.34. The van der Waals surface area contributed by atoms with Gasteiger partial charge < -0.3 is 9.80 Å². The number of fused-ring (bicyclic) bond motifs is 2. The Morgan fingerprint density at radius 3 is 1.44 bits per heavy atom. The van der Waals surface area contributed by atoms with E-state index in [4.69, 9.17) is 24.4 Å². The van der Waals surface area contributed by atoms with Gasteiger partial charge in [0.15, 0.2) is 11.6 Å². The van der Waals surface area contributed by atoms with Crippen LogP contribution in [0.4, 0.5) is 20.2 Å². The molecule has 0 saturated heterocycles. The third-order valence-corrected chi connectivity index (χ3v) is 9.10. The standard InChI is InChI=1S/2C11H10Br2FNS/c2*1-6-2-3-7-9(15(6)5-16)4-8(12)11(14)10(7)13/h2*4-6H,2-3H2,1H3/t2*6-/m11/s1. The molecule has 2 aromatic rings. The number of benzene rings is 2. The van der Waals surface area contributed by atoms with Crippen molar-refractivity contribution < 1.29 is 8.78 Å². The van der Waals surface area contributed by atoms with E-state index in [1.54, 1.807) is 23.1 Å². The molecule has 2 aliphatic rings. The van der Waals surface area contributed by atoms with Gasteiger partial charge in [-0.05, 0) is 127 Å². The van der Waals surface area contributed by atoms with Gasteiger partial charge in [0.1, 0.15) is 0 Å². The van der Waals surface area contributed by atoms with Gasteiger partial charge in [-0.1, -0.05) is 24.4 Å². The van der Waals surface area contributed by atoms with Crippen molar-refractivity contribution in [2.45, 2.75) is 51.6 Å². The maximum Gasteiger partial charge on any atom is 0.151 e. The van der Waals surface area contributed by atoms with Crippen molar-refractivity contribution in [2.75, 3.05) is 9.80 Å². The van der Waals surface area contributed by atoms with E-state index in [-0.39, 0.29) is 11.6 Å². The predicted octanol–water partition coefficient (Wildman–Crippen LogP) is 8.90. The Kier molecular flexibility index (Phi) is 9.28. The first-order valence-corrected chi connectivity index (χ1v) is 14.0. The summed E-state index contributed by atoms with van der Waals surface area (Å²) in [4.78, 5) is 4.03. The van der Waals surface area contributed by atoms with Crippen LogP contribution in [0.5, 0.6) is 0 Å². The first kappa shape index (κ1) is 26.6. The van der Waals surface area contributed by atoms with Gasteiger partial charge in [-0.2, -0.15) is 0 Å².